The second-order valence-corrected chi connectivity index (χ2v) is 4.49. The highest BCUT2D eigenvalue weighted by molar-refractivity contribution is 9.10. The van der Waals surface area contributed by atoms with E-state index in [0.717, 1.165) is 0 Å². The number of carbonyl (C=O) groups is 3. The van der Waals surface area contributed by atoms with E-state index in [1.165, 1.54) is 6.07 Å². The Balaban J connectivity index is 2.62. The summed E-state index contributed by atoms with van der Waals surface area (Å²) in [5.74, 6) is -1.16. The molecule has 0 aromatic heterocycles. The summed E-state index contributed by atoms with van der Waals surface area (Å²) in [4.78, 5) is 33.1. The first-order valence-corrected chi connectivity index (χ1v) is 6.31. The summed E-state index contributed by atoms with van der Waals surface area (Å²) in [6, 6.07) is 3.25. The van der Waals surface area contributed by atoms with Crippen molar-refractivity contribution in [3.8, 4) is 0 Å². The number of carboxylic acid groups (broad SMARTS) is 1. The van der Waals surface area contributed by atoms with Gasteiger partial charge >= 0.3 is 18.0 Å². The van der Waals surface area contributed by atoms with Gasteiger partial charge in [-0.3, -0.25) is 0 Å². The van der Waals surface area contributed by atoms with E-state index in [-0.39, 0.29) is 24.3 Å². The van der Waals surface area contributed by atoms with Gasteiger partial charge in [0.05, 0.1) is 11.3 Å². The first-order chi connectivity index (χ1) is 9.41. The molecule has 0 aliphatic carbocycles. The topological polar surface area (TPSA) is 134 Å². The van der Waals surface area contributed by atoms with E-state index in [0.29, 0.717) is 4.47 Å². The minimum Gasteiger partial charge on any atom is -0.478 e. The lowest BCUT2D eigenvalue weighted by Gasteiger charge is -2.11. The number of urea groups is 2. The summed E-state index contributed by atoms with van der Waals surface area (Å²) in [5.41, 5.74) is 4.97. The Bertz CT molecular complexity index is 535. The Hall–Kier alpha value is -2.29. The fourth-order valence-electron chi connectivity index (χ4n) is 1.35. The normalized spacial score (nSPS) is 9.65. The Labute approximate surface area is 122 Å². The highest BCUT2D eigenvalue weighted by atomic mass is 79.9. The van der Waals surface area contributed by atoms with E-state index >= 15 is 0 Å². The highest BCUT2D eigenvalue weighted by Crippen LogP contribution is 2.26. The second kappa shape index (κ2) is 7.34. The molecule has 0 atom stereocenters. The predicted octanol–water partition coefficient (Wildman–Crippen LogP) is 0.937. The number of anilines is 1. The van der Waals surface area contributed by atoms with Crippen LogP contribution in [0.5, 0.6) is 0 Å². The van der Waals surface area contributed by atoms with E-state index in [2.05, 4.69) is 31.9 Å². The number of rotatable bonds is 5. The predicted molar refractivity (Wildman–Crippen MR) is 75.7 cm³/mol. The number of primary amides is 1. The molecule has 1 aromatic rings. The molecule has 4 amide bonds. The molecule has 0 unspecified atom stereocenters. The molecule has 1 rings (SSSR count). The third kappa shape index (κ3) is 4.76. The van der Waals surface area contributed by atoms with Crippen molar-refractivity contribution in [2.75, 3.05) is 18.4 Å². The largest absolute Gasteiger partial charge is 0.478 e. The van der Waals surface area contributed by atoms with Crippen molar-refractivity contribution in [3.63, 3.8) is 0 Å². The van der Waals surface area contributed by atoms with Crippen LogP contribution in [0.3, 0.4) is 0 Å². The number of carbonyl (C=O) groups excluding carboxylic acids is 2. The Kier molecular flexibility index (Phi) is 5.78. The number of halogens is 1. The van der Waals surface area contributed by atoms with Crippen LogP contribution in [0.15, 0.2) is 22.7 Å². The average molecular weight is 345 g/mol. The molecule has 0 fully saturated rings. The molecule has 0 bridgehead atoms. The molecule has 0 saturated carbocycles. The van der Waals surface area contributed by atoms with E-state index in [4.69, 9.17) is 10.8 Å². The van der Waals surface area contributed by atoms with Crippen molar-refractivity contribution < 1.29 is 19.5 Å². The Morgan fingerprint density at radius 2 is 1.85 bits per heavy atom. The van der Waals surface area contributed by atoms with Gasteiger partial charge in [-0.2, -0.15) is 0 Å². The van der Waals surface area contributed by atoms with Gasteiger partial charge < -0.3 is 26.8 Å². The minimum atomic E-state index is -1.16. The van der Waals surface area contributed by atoms with Gasteiger partial charge in [-0.25, -0.2) is 14.4 Å². The molecular formula is C11H13BrN4O4. The number of amides is 4. The van der Waals surface area contributed by atoms with Crippen molar-refractivity contribution in [2.45, 2.75) is 0 Å². The molecule has 108 valence electrons. The standard InChI is InChI=1S/C11H13BrN4O4/c12-7-3-1-2-6(9(17)18)8(7)16-11(20)15-5-4-14-10(13)19/h1-3H,4-5H2,(H,17,18)(H3,13,14,19)(H2,15,16,20). The molecule has 20 heavy (non-hydrogen) atoms. The molecule has 6 N–H and O–H groups in total. The summed E-state index contributed by atoms with van der Waals surface area (Å²) in [7, 11) is 0. The molecule has 0 radical (unpaired) electrons. The number of hydrogen-bond acceptors (Lipinski definition) is 3. The summed E-state index contributed by atoms with van der Waals surface area (Å²) in [5, 5.41) is 16.2. The van der Waals surface area contributed by atoms with Gasteiger partial charge in [-0.1, -0.05) is 6.07 Å². The van der Waals surface area contributed by atoms with Gasteiger partial charge in [0.15, 0.2) is 0 Å². The van der Waals surface area contributed by atoms with Crippen LogP contribution in [0.1, 0.15) is 10.4 Å². The summed E-state index contributed by atoms with van der Waals surface area (Å²) in [6.45, 7) is 0.326. The first kappa shape index (κ1) is 15.8. The summed E-state index contributed by atoms with van der Waals surface area (Å²) in [6.07, 6.45) is 0. The minimum absolute atomic E-state index is 0.0372. The molecule has 0 heterocycles. The van der Waals surface area contributed by atoms with Crippen molar-refractivity contribution >= 4 is 39.6 Å². The maximum absolute atomic E-state index is 11.6. The zero-order chi connectivity index (χ0) is 15.1. The number of hydrogen-bond donors (Lipinski definition) is 5. The Morgan fingerprint density at radius 3 is 2.45 bits per heavy atom. The molecule has 0 aliphatic heterocycles. The number of benzene rings is 1. The average Bonchev–Trinajstić information content (AvgIpc) is 2.36. The zero-order valence-corrected chi connectivity index (χ0v) is 11.9. The second-order valence-electron chi connectivity index (χ2n) is 3.64. The number of nitrogens with two attached hydrogens (primary N) is 1. The van der Waals surface area contributed by atoms with Crippen LogP contribution in [0.25, 0.3) is 0 Å². The van der Waals surface area contributed by atoms with Crippen LogP contribution < -0.4 is 21.7 Å². The van der Waals surface area contributed by atoms with Gasteiger partial charge in [-0.15, -0.1) is 0 Å². The lowest BCUT2D eigenvalue weighted by Crippen LogP contribution is -2.38. The summed E-state index contributed by atoms with van der Waals surface area (Å²) >= 11 is 3.17. The molecule has 9 heteroatoms. The van der Waals surface area contributed by atoms with E-state index in [9.17, 15) is 14.4 Å². The third-order valence-corrected chi connectivity index (χ3v) is 2.85. The number of carboxylic acids is 1. The van der Waals surface area contributed by atoms with Crippen LogP contribution >= 0.6 is 15.9 Å². The molecule has 0 aliphatic rings. The molecule has 0 spiro atoms. The van der Waals surface area contributed by atoms with Gasteiger partial charge in [0.1, 0.15) is 0 Å². The SMILES string of the molecule is NC(=O)NCCNC(=O)Nc1c(Br)cccc1C(=O)O. The van der Waals surface area contributed by atoms with Crippen molar-refractivity contribution in [1.82, 2.24) is 10.6 Å². The van der Waals surface area contributed by atoms with E-state index < -0.39 is 18.0 Å². The highest BCUT2D eigenvalue weighted by Gasteiger charge is 2.14. The quantitative estimate of drug-likeness (QED) is 0.508. The maximum Gasteiger partial charge on any atom is 0.337 e. The van der Waals surface area contributed by atoms with Gasteiger partial charge in [0.2, 0.25) is 0 Å². The van der Waals surface area contributed by atoms with Gasteiger partial charge in [0.25, 0.3) is 0 Å². The lowest BCUT2D eigenvalue weighted by molar-refractivity contribution is 0.0698. The Morgan fingerprint density at radius 1 is 1.20 bits per heavy atom. The van der Waals surface area contributed by atoms with Crippen molar-refractivity contribution in [1.29, 1.82) is 0 Å². The third-order valence-electron chi connectivity index (χ3n) is 2.19. The van der Waals surface area contributed by atoms with Gasteiger partial charge in [0, 0.05) is 17.6 Å². The smallest absolute Gasteiger partial charge is 0.337 e. The molecule has 8 nitrogen and oxygen atoms in total. The van der Waals surface area contributed by atoms with Crippen molar-refractivity contribution in [3.05, 3.63) is 28.2 Å². The van der Waals surface area contributed by atoms with Crippen LogP contribution in [-0.4, -0.2) is 36.2 Å². The van der Waals surface area contributed by atoms with Gasteiger partial charge in [-0.05, 0) is 28.1 Å². The number of aromatic carboxylic acids is 1. The van der Waals surface area contributed by atoms with Crippen LogP contribution in [-0.2, 0) is 0 Å². The van der Waals surface area contributed by atoms with E-state index in [1.54, 1.807) is 12.1 Å². The molecule has 0 saturated heterocycles. The molecule has 1 aromatic carbocycles. The number of nitrogens with one attached hydrogen (secondary N) is 3. The number of para-hydroxylation sites is 1. The fraction of sp³-hybridized carbons (Fsp3) is 0.182. The first-order valence-electron chi connectivity index (χ1n) is 5.51. The monoisotopic (exact) mass is 344 g/mol. The molecular weight excluding hydrogens is 332 g/mol. The maximum atomic E-state index is 11.6. The lowest BCUT2D eigenvalue weighted by atomic mass is 10.2. The van der Waals surface area contributed by atoms with Crippen molar-refractivity contribution in [2.24, 2.45) is 5.73 Å². The van der Waals surface area contributed by atoms with Crippen LogP contribution in [0.4, 0.5) is 15.3 Å². The summed E-state index contributed by atoms with van der Waals surface area (Å²) < 4.78 is 0.447. The van der Waals surface area contributed by atoms with E-state index in [1.807, 2.05) is 0 Å². The van der Waals surface area contributed by atoms with Crippen LogP contribution in [0, 0.1) is 0 Å². The van der Waals surface area contributed by atoms with Crippen LogP contribution in [0.2, 0.25) is 0 Å². The fourth-order valence-corrected chi connectivity index (χ4v) is 1.81. The zero-order valence-electron chi connectivity index (χ0n) is 10.3.